The zero-order chi connectivity index (χ0) is 23.0. The molecular formula is C20H18ClF3N4O4. The van der Waals surface area contributed by atoms with Crippen LogP contribution in [0.1, 0.15) is 34.8 Å². The number of ether oxygens (including phenoxy) is 2. The Morgan fingerprint density at radius 2 is 2.03 bits per heavy atom. The molecule has 8 nitrogen and oxygen atoms in total. The van der Waals surface area contributed by atoms with Gasteiger partial charge in [-0.05, 0) is 24.3 Å². The number of methoxy groups -OCH3 is 2. The molecule has 1 aliphatic heterocycles. The van der Waals surface area contributed by atoms with Gasteiger partial charge < -0.3 is 24.5 Å². The number of alkyl halides is 3. The average Bonchev–Trinajstić information content (AvgIpc) is 3.41. The van der Waals surface area contributed by atoms with Crippen molar-refractivity contribution in [1.82, 2.24) is 9.78 Å². The van der Waals surface area contributed by atoms with Crippen molar-refractivity contribution in [3.63, 3.8) is 0 Å². The number of carbonyl (C=O) groups excluding carboxylic acids is 1. The Labute approximate surface area is 185 Å². The summed E-state index contributed by atoms with van der Waals surface area (Å²) in [5.41, 5.74) is -0.0261. The van der Waals surface area contributed by atoms with E-state index in [0.717, 1.165) is 0 Å². The minimum absolute atomic E-state index is 0.112. The summed E-state index contributed by atoms with van der Waals surface area (Å²) in [6.07, 6.45) is -3.62. The smallest absolute Gasteiger partial charge is 0.410 e. The first-order valence-electron chi connectivity index (χ1n) is 9.41. The van der Waals surface area contributed by atoms with Crippen LogP contribution < -0.4 is 20.1 Å². The summed E-state index contributed by atoms with van der Waals surface area (Å²) in [6, 6.07) is 4.99. The van der Waals surface area contributed by atoms with Gasteiger partial charge in [0.05, 0.1) is 26.5 Å². The fourth-order valence-corrected chi connectivity index (χ4v) is 3.78. The number of benzene rings is 1. The van der Waals surface area contributed by atoms with Crippen LogP contribution in [0.15, 0.2) is 41.0 Å². The van der Waals surface area contributed by atoms with Crippen LogP contribution in [0.2, 0.25) is 5.02 Å². The van der Waals surface area contributed by atoms with Crippen molar-refractivity contribution in [3.8, 4) is 11.5 Å². The number of carbonyl (C=O) groups is 1. The van der Waals surface area contributed by atoms with Gasteiger partial charge in [0, 0.05) is 18.2 Å². The van der Waals surface area contributed by atoms with Crippen molar-refractivity contribution in [1.29, 1.82) is 0 Å². The molecule has 0 unspecified atom stereocenters. The first-order chi connectivity index (χ1) is 15.2. The van der Waals surface area contributed by atoms with E-state index in [1.165, 1.54) is 26.5 Å². The second-order valence-corrected chi connectivity index (χ2v) is 7.36. The molecule has 1 aliphatic rings. The molecular weight excluding hydrogens is 453 g/mol. The third-order valence-electron chi connectivity index (χ3n) is 5.04. The Kier molecular flexibility index (Phi) is 5.68. The van der Waals surface area contributed by atoms with Crippen LogP contribution >= 0.6 is 11.6 Å². The highest BCUT2D eigenvalue weighted by molar-refractivity contribution is 6.36. The van der Waals surface area contributed by atoms with Crippen LogP contribution in [0.25, 0.3) is 0 Å². The molecule has 32 heavy (non-hydrogen) atoms. The summed E-state index contributed by atoms with van der Waals surface area (Å²) < 4.78 is 57.7. The maximum absolute atomic E-state index is 13.8. The highest BCUT2D eigenvalue weighted by Crippen LogP contribution is 2.46. The molecule has 2 atom stereocenters. The molecule has 170 valence electrons. The SMILES string of the molecule is COc1ccc(NC(=O)c2nn3c(c2Cl)N[C@H](c2ccco2)C[C@H]3C(F)(F)F)cc1OC. The molecule has 3 heterocycles. The van der Waals surface area contributed by atoms with Gasteiger partial charge in [-0.2, -0.15) is 18.3 Å². The molecule has 0 fully saturated rings. The van der Waals surface area contributed by atoms with Crippen molar-refractivity contribution in [2.45, 2.75) is 24.7 Å². The van der Waals surface area contributed by atoms with Gasteiger partial charge in [-0.15, -0.1) is 0 Å². The van der Waals surface area contributed by atoms with E-state index in [4.69, 9.17) is 25.5 Å². The van der Waals surface area contributed by atoms with E-state index < -0.39 is 24.2 Å². The fourth-order valence-electron chi connectivity index (χ4n) is 3.51. The minimum atomic E-state index is -4.62. The molecule has 0 spiro atoms. The lowest BCUT2D eigenvalue weighted by molar-refractivity contribution is -0.174. The zero-order valence-corrected chi connectivity index (χ0v) is 17.6. The number of furan rings is 1. The van der Waals surface area contributed by atoms with E-state index in [2.05, 4.69) is 15.7 Å². The first-order valence-corrected chi connectivity index (χ1v) is 9.78. The summed E-state index contributed by atoms with van der Waals surface area (Å²) >= 11 is 6.30. The number of nitrogens with zero attached hydrogens (tertiary/aromatic N) is 2. The molecule has 1 aromatic carbocycles. The zero-order valence-electron chi connectivity index (χ0n) is 16.9. The maximum atomic E-state index is 13.8. The standard InChI is InChI=1S/C20H18ClF3N4O4/c1-30-13-6-5-10(8-14(13)31-2)25-19(29)17-16(21)18-26-11(12-4-3-7-32-12)9-15(20(22,23)24)28(18)27-17/h3-8,11,15,26H,9H2,1-2H3,(H,25,29)/t11-,15-/m0/s1. The molecule has 0 aliphatic carbocycles. The second kappa shape index (κ2) is 8.30. The molecule has 0 radical (unpaired) electrons. The van der Waals surface area contributed by atoms with E-state index in [-0.39, 0.29) is 23.0 Å². The van der Waals surface area contributed by atoms with Crippen LogP contribution in [0.4, 0.5) is 24.7 Å². The van der Waals surface area contributed by atoms with E-state index in [0.29, 0.717) is 27.6 Å². The lowest BCUT2D eigenvalue weighted by Gasteiger charge is -2.32. The van der Waals surface area contributed by atoms with Gasteiger partial charge in [0.15, 0.2) is 23.2 Å². The monoisotopic (exact) mass is 470 g/mol. The number of halogens is 4. The Hall–Kier alpha value is -3.34. The average molecular weight is 471 g/mol. The van der Waals surface area contributed by atoms with Gasteiger partial charge in [0.25, 0.3) is 5.91 Å². The Balaban J connectivity index is 1.67. The Morgan fingerprint density at radius 1 is 1.28 bits per heavy atom. The van der Waals surface area contributed by atoms with E-state index in [1.807, 2.05) is 0 Å². The number of fused-ring (bicyclic) bond motifs is 1. The van der Waals surface area contributed by atoms with Crippen LogP contribution in [-0.4, -0.2) is 36.1 Å². The molecule has 1 amide bonds. The largest absolute Gasteiger partial charge is 0.493 e. The molecule has 4 rings (SSSR count). The van der Waals surface area contributed by atoms with Crippen LogP contribution in [0.5, 0.6) is 11.5 Å². The number of amides is 1. The summed E-state index contributed by atoms with van der Waals surface area (Å²) in [5.74, 6) is 0.238. The van der Waals surface area contributed by atoms with Gasteiger partial charge in [0.2, 0.25) is 0 Å². The first kappa shape index (κ1) is 21.9. The number of anilines is 2. The van der Waals surface area contributed by atoms with E-state index in [1.54, 1.807) is 24.3 Å². The van der Waals surface area contributed by atoms with Gasteiger partial charge >= 0.3 is 6.18 Å². The lowest BCUT2D eigenvalue weighted by Crippen LogP contribution is -2.35. The number of nitrogens with one attached hydrogen (secondary N) is 2. The maximum Gasteiger partial charge on any atom is 0.410 e. The third-order valence-corrected chi connectivity index (χ3v) is 5.40. The number of hydrogen-bond acceptors (Lipinski definition) is 6. The van der Waals surface area contributed by atoms with E-state index >= 15 is 0 Å². The topological polar surface area (TPSA) is 90.5 Å². The predicted octanol–water partition coefficient (Wildman–Crippen LogP) is 5.06. The van der Waals surface area contributed by atoms with Crippen molar-refractivity contribution >= 4 is 29.0 Å². The van der Waals surface area contributed by atoms with Gasteiger partial charge in [-0.3, -0.25) is 4.79 Å². The molecule has 0 saturated heterocycles. The summed E-state index contributed by atoms with van der Waals surface area (Å²) in [4.78, 5) is 12.8. The number of hydrogen-bond donors (Lipinski definition) is 2. The van der Waals surface area contributed by atoms with Crippen molar-refractivity contribution in [3.05, 3.63) is 53.1 Å². The van der Waals surface area contributed by atoms with Crippen LogP contribution in [0, 0.1) is 0 Å². The fraction of sp³-hybridized carbons (Fsp3) is 0.300. The molecule has 2 N–H and O–H groups in total. The molecule has 0 saturated carbocycles. The summed E-state index contributed by atoms with van der Waals surface area (Å²) in [7, 11) is 2.90. The Bertz CT molecular complexity index is 1130. The second-order valence-electron chi connectivity index (χ2n) is 6.99. The molecule has 3 aromatic rings. The quantitative estimate of drug-likeness (QED) is 0.541. The van der Waals surface area contributed by atoms with Crippen molar-refractivity contribution in [2.24, 2.45) is 0 Å². The van der Waals surface area contributed by atoms with Crippen molar-refractivity contribution in [2.75, 3.05) is 24.9 Å². The van der Waals surface area contributed by atoms with Crippen LogP contribution in [0.3, 0.4) is 0 Å². The predicted molar refractivity (Wildman–Crippen MR) is 110 cm³/mol. The third kappa shape index (κ3) is 3.95. The normalized spacial score (nSPS) is 17.9. The lowest BCUT2D eigenvalue weighted by atomic mass is 10.0. The number of aromatic nitrogens is 2. The molecule has 12 heteroatoms. The van der Waals surface area contributed by atoms with Crippen molar-refractivity contribution < 1.29 is 31.9 Å². The minimum Gasteiger partial charge on any atom is -0.493 e. The van der Waals surface area contributed by atoms with Crippen LogP contribution in [-0.2, 0) is 0 Å². The molecule has 0 bridgehead atoms. The molecule has 2 aromatic heterocycles. The van der Waals surface area contributed by atoms with Gasteiger partial charge in [0.1, 0.15) is 16.6 Å². The van der Waals surface area contributed by atoms with E-state index in [9.17, 15) is 18.0 Å². The van der Waals surface area contributed by atoms with Gasteiger partial charge in [-0.1, -0.05) is 11.6 Å². The highest BCUT2D eigenvalue weighted by atomic mass is 35.5. The summed E-state index contributed by atoms with van der Waals surface area (Å²) in [6.45, 7) is 0. The van der Waals surface area contributed by atoms with Gasteiger partial charge in [-0.25, -0.2) is 4.68 Å². The highest BCUT2D eigenvalue weighted by Gasteiger charge is 2.48. The Morgan fingerprint density at radius 3 is 2.66 bits per heavy atom. The number of rotatable bonds is 5. The summed E-state index contributed by atoms with van der Waals surface area (Å²) in [5, 5.41) is 9.13.